The molecule has 1 N–H and O–H groups in total. The lowest BCUT2D eigenvalue weighted by Crippen LogP contribution is -2.40. The van der Waals surface area contributed by atoms with Crippen molar-refractivity contribution in [3.8, 4) is 56.5 Å². The molecule has 0 saturated carbocycles. The second-order valence-electron chi connectivity index (χ2n) is 14.1. The number of hydrogen-bond donors (Lipinski definition) is 1. The summed E-state index contributed by atoms with van der Waals surface area (Å²) in [5, 5.41) is 1.06. The van der Waals surface area contributed by atoms with Gasteiger partial charge in [-0.2, -0.15) is 26.3 Å². The smallest absolute Gasteiger partial charge is 0.256 e. The van der Waals surface area contributed by atoms with E-state index < -0.39 is 39.3 Å². The average Bonchev–Trinajstić information content (AvgIpc) is 3.20. The van der Waals surface area contributed by atoms with Crippen molar-refractivity contribution in [3.05, 3.63) is 148 Å². The Hall–Kier alpha value is -5.52. The van der Waals surface area contributed by atoms with Crippen molar-refractivity contribution in [2.75, 3.05) is 0 Å². The van der Waals surface area contributed by atoms with Gasteiger partial charge in [0.15, 0.2) is 11.6 Å². The number of halogens is 9. The maximum Gasteiger partial charge on any atom is 0.433 e. The van der Waals surface area contributed by atoms with Gasteiger partial charge in [0.05, 0.1) is 22.0 Å². The Morgan fingerprint density at radius 1 is 0.508 bits per heavy atom. The molecule has 4 heterocycles. The van der Waals surface area contributed by atoms with E-state index in [1.54, 1.807) is 81.4 Å². The first-order valence-corrected chi connectivity index (χ1v) is 20.3. The highest BCUT2D eigenvalue weighted by Crippen LogP contribution is 2.35. The van der Waals surface area contributed by atoms with Crippen LogP contribution in [0.25, 0.3) is 56.5 Å². The highest BCUT2D eigenvalue weighted by Gasteiger charge is 2.35. The molecule has 7 aromatic rings. The van der Waals surface area contributed by atoms with Gasteiger partial charge < -0.3 is 0 Å². The van der Waals surface area contributed by atoms with Crippen molar-refractivity contribution in [1.82, 2.24) is 34.6 Å². The van der Waals surface area contributed by atoms with Crippen LogP contribution in [0.4, 0.5) is 26.3 Å². The number of rotatable bonds is 7. The molecule has 0 unspecified atom stereocenters. The molecule has 0 bridgehead atoms. The molecule has 0 spiro atoms. The van der Waals surface area contributed by atoms with Gasteiger partial charge in [0, 0.05) is 55.8 Å². The van der Waals surface area contributed by atoms with E-state index in [0.717, 1.165) is 12.1 Å². The summed E-state index contributed by atoms with van der Waals surface area (Å²) in [5.41, 5.74) is -0.231. The van der Waals surface area contributed by atoms with Crippen molar-refractivity contribution in [3.63, 3.8) is 0 Å². The molecule has 3 aromatic carbocycles. The van der Waals surface area contributed by atoms with Gasteiger partial charge in [-0.1, -0.05) is 71.2 Å². The minimum atomic E-state index is -4.70. The van der Waals surface area contributed by atoms with Gasteiger partial charge >= 0.3 is 12.4 Å². The van der Waals surface area contributed by atoms with Crippen LogP contribution in [0.3, 0.4) is 0 Å². The standard InChI is InChI=1S/C26H22ClF3N4O2S.C16H8Cl2F3N3/c1-25(2,3)34-37(35,36)20-6-4-5-17(13-20)21-14-18(11-12-31-21)24-32-22(15-23(33-24)26(28,29)30)16-7-9-19(27)10-8-16;17-11-3-1-9(2-4-11)12-8-13(16(19,20)21)24-15(23-12)10-5-6-22-14(18)7-10/h4-15,34H,1-3H3;1-8H. The molecular weight excluding hydrogens is 887 g/mol. The number of alkyl halides is 6. The van der Waals surface area contributed by atoms with Gasteiger partial charge in [-0.25, -0.2) is 38.1 Å². The van der Waals surface area contributed by atoms with Crippen LogP contribution in [0.1, 0.15) is 32.2 Å². The van der Waals surface area contributed by atoms with E-state index in [2.05, 4.69) is 34.6 Å². The van der Waals surface area contributed by atoms with Crippen LogP contribution < -0.4 is 4.72 Å². The van der Waals surface area contributed by atoms with Crippen LogP contribution in [-0.2, 0) is 22.4 Å². The first kappa shape index (κ1) is 45.0. The van der Waals surface area contributed by atoms with Gasteiger partial charge in [-0.3, -0.25) is 4.98 Å². The number of nitrogens with one attached hydrogen (secondary N) is 1. The summed E-state index contributed by atoms with van der Waals surface area (Å²) in [7, 11) is -3.81. The van der Waals surface area contributed by atoms with Gasteiger partial charge in [0.1, 0.15) is 16.5 Å². The molecular formula is C42H30Cl3F6N7O2S. The largest absolute Gasteiger partial charge is 0.433 e. The van der Waals surface area contributed by atoms with Crippen LogP contribution in [0.15, 0.2) is 126 Å². The summed E-state index contributed by atoms with van der Waals surface area (Å²) < 4.78 is 109. The second-order valence-corrected chi connectivity index (χ2v) is 17.1. The monoisotopic (exact) mass is 915 g/mol. The fraction of sp³-hybridized carbons (Fsp3) is 0.143. The summed E-state index contributed by atoms with van der Waals surface area (Å²) >= 11 is 17.5. The molecule has 7 rings (SSSR count). The molecule has 0 amide bonds. The zero-order valence-electron chi connectivity index (χ0n) is 31.9. The lowest BCUT2D eigenvalue weighted by Gasteiger charge is -2.20. The summed E-state index contributed by atoms with van der Waals surface area (Å²) in [6.45, 7) is 5.19. The van der Waals surface area contributed by atoms with Crippen molar-refractivity contribution in [2.45, 2.75) is 43.6 Å². The van der Waals surface area contributed by atoms with Crippen LogP contribution in [0.2, 0.25) is 15.2 Å². The van der Waals surface area contributed by atoms with Crippen LogP contribution >= 0.6 is 34.8 Å². The number of pyridine rings is 2. The van der Waals surface area contributed by atoms with E-state index in [1.165, 1.54) is 48.8 Å². The third kappa shape index (κ3) is 11.9. The van der Waals surface area contributed by atoms with Crippen LogP contribution in [0.5, 0.6) is 0 Å². The Balaban J connectivity index is 0.000000223. The third-order valence-electron chi connectivity index (χ3n) is 8.20. The Morgan fingerprint density at radius 2 is 0.984 bits per heavy atom. The topological polar surface area (TPSA) is 124 Å². The fourth-order valence-electron chi connectivity index (χ4n) is 5.53. The second kappa shape index (κ2) is 17.8. The van der Waals surface area contributed by atoms with Gasteiger partial charge in [-0.15, -0.1) is 0 Å². The molecule has 0 atom stereocenters. The summed E-state index contributed by atoms with van der Waals surface area (Å²) in [6.07, 6.45) is -6.51. The summed E-state index contributed by atoms with van der Waals surface area (Å²) in [6, 6.07) is 26.4. The molecule has 0 saturated heterocycles. The normalized spacial score (nSPS) is 12.1. The molecule has 0 aliphatic rings. The number of aromatic nitrogens is 6. The zero-order chi connectivity index (χ0) is 44.3. The van der Waals surface area contributed by atoms with E-state index in [0.29, 0.717) is 38.0 Å². The molecule has 19 heteroatoms. The van der Waals surface area contributed by atoms with Crippen LogP contribution in [-0.4, -0.2) is 43.9 Å². The molecule has 4 aromatic heterocycles. The Labute approximate surface area is 361 Å². The van der Waals surface area contributed by atoms with Crippen molar-refractivity contribution >= 4 is 44.8 Å². The quantitative estimate of drug-likeness (QED) is 0.124. The Bertz CT molecular complexity index is 2810. The Kier molecular flexibility index (Phi) is 13.2. The minimum Gasteiger partial charge on any atom is -0.256 e. The van der Waals surface area contributed by atoms with E-state index in [9.17, 15) is 34.8 Å². The summed E-state index contributed by atoms with van der Waals surface area (Å²) in [4.78, 5) is 24.1. The van der Waals surface area contributed by atoms with E-state index in [-0.39, 0.29) is 38.6 Å². The molecule has 0 aliphatic carbocycles. The number of benzene rings is 3. The third-order valence-corrected chi connectivity index (χ3v) is 10.7. The minimum absolute atomic E-state index is 0.0347. The van der Waals surface area contributed by atoms with Crippen molar-refractivity contribution < 1.29 is 34.8 Å². The van der Waals surface area contributed by atoms with Crippen molar-refractivity contribution in [2.24, 2.45) is 0 Å². The Morgan fingerprint density at radius 3 is 1.44 bits per heavy atom. The van der Waals surface area contributed by atoms with E-state index >= 15 is 0 Å². The first-order chi connectivity index (χ1) is 28.5. The van der Waals surface area contributed by atoms with Gasteiger partial charge in [0.2, 0.25) is 10.0 Å². The predicted molar refractivity (Wildman–Crippen MR) is 222 cm³/mol. The molecule has 9 nitrogen and oxygen atoms in total. The molecule has 0 radical (unpaired) electrons. The zero-order valence-corrected chi connectivity index (χ0v) is 34.9. The maximum absolute atomic E-state index is 13.7. The highest BCUT2D eigenvalue weighted by molar-refractivity contribution is 7.89. The number of hydrogen-bond acceptors (Lipinski definition) is 8. The highest BCUT2D eigenvalue weighted by atomic mass is 35.5. The molecule has 61 heavy (non-hydrogen) atoms. The molecule has 0 aliphatic heterocycles. The lowest BCUT2D eigenvalue weighted by molar-refractivity contribution is -0.141. The summed E-state index contributed by atoms with van der Waals surface area (Å²) in [5.74, 6) is -0.235. The maximum atomic E-state index is 13.7. The van der Waals surface area contributed by atoms with E-state index in [1.807, 2.05) is 0 Å². The van der Waals surface area contributed by atoms with Gasteiger partial charge in [-0.05, 0) is 93.6 Å². The van der Waals surface area contributed by atoms with E-state index in [4.69, 9.17) is 34.8 Å². The molecule has 0 fully saturated rings. The average molecular weight is 917 g/mol. The predicted octanol–water partition coefficient (Wildman–Crippen LogP) is 12.2. The number of nitrogens with zero attached hydrogens (tertiary/aromatic N) is 6. The lowest BCUT2D eigenvalue weighted by atomic mass is 10.1. The van der Waals surface area contributed by atoms with Gasteiger partial charge in [0.25, 0.3) is 0 Å². The molecule has 314 valence electrons. The van der Waals surface area contributed by atoms with Crippen molar-refractivity contribution in [1.29, 1.82) is 0 Å². The van der Waals surface area contributed by atoms with Crippen LogP contribution in [0, 0.1) is 0 Å². The fourth-order valence-corrected chi connectivity index (χ4v) is 7.42. The number of sulfonamides is 1. The SMILES string of the molecule is CC(C)(C)NS(=O)(=O)c1cccc(-c2cc(-c3nc(-c4ccc(Cl)cc4)cc(C(F)(F)F)n3)ccn2)c1.FC(F)(F)c1cc(-c2ccc(Cl)cc2)nc(-c2ccnc(Cl)c2)n1. The first-order valence-electron chi connectivity index (χ1n) is 17.7.